The normalized spacial score (nSPS) is 15.3. The molecule has 1 aliphatic carbocycles. The Morgan fingerprint density at radius 3 is 2.46 bits per heavy atom. The summed E-state index contributed by atoms with van der Waals surface area (Å²) in [6, 6.07) is 5.19. The van der Waals surface area contributed by atoms with E-state index in [0.717, 1.165) is 50.8 Å². The Morgan fingerprint density at radius 2 is 1.79 bits per heavy atom. The fourth-order valence-electron chi connectivity index (χ4n) is 3.17. The lowest BCUT2D eigenvalue weighted by molar-refractivity contribution is -0.131. The van der Waals surface area contributed by atoms with Crippen molar-refractivity contribution in [3.05, 3.63) is 41.0 Å². The highest BCUT2D eigenvalue weighted by Crippen LogP contribution is 2.34. The first kappa shape index (κ1) is 18.2. The highest BCUT2D eigenvalue weighted by Gasteiger charge is 2.30. The molecular formula is C20H27NO3. The van der Waals surface area contributed by atoms with Crippen molar-refractivity contribution in [3.8, 4) is 0 Å². The van der Waals surface area contributed by atoms with Crippen molar-refractivity contribution in [3.63, 3.8) is 0 Å². The first-order valence-electron chi connectivity index (χ1n) is 8.93. The lowest BCUT2D eigenvalue weighted by Gasteiger charge is -2.26. The summed E-state index contributed by atoms with van der Waals surface area (Å²) < 4.78 is 0. The molecule has 4 heteroatoms. The maximum atomic E-state index is 13.0. The average molecular weight is 329 g/mol. The molecule has 1 amide bonds. The third kappa shape index (κ3) is 4.05. The smallest absolute Gasteiger partial charge is 0.336 e. The van der Waals surface area contributed by atoms with Crippen LogP contribution < -0.4 is 0 Å². The molecule has 130 valence electrons. The minimum absolute atomic E-state index is 0.0945. The maximum absolute atomic E-state index is 13.0. The van der Waals surface area contributed by atoms with Gasteiger partial charge in [-0.2, -0.15) is 0 Å². The fraction of sp³-hybridized carbons (Fsp3) is 0.500. The van der Waals surface area contributed by atoms with Crippen LogP contribution in [0.5, 0.6) is 0 Å². The number of nitrogens with zero attached hydrogens (tertiary/aromatic N) is 1. The number of aromatic carboxylic acids is 1. The van der Waals surface area contributed by atoms with Crippen molar-refractivity contribution in [1.82, 2.24) is 4.90 Å². The molecule has 1 aromatic carbocycles. The van der Waals surface area contributed by atoms with Crippen molar-refractivity contribution >= 4 is 18.0 Å². The molecule has 0 bridgehead atoms. The van der Waals surface area contributed by atoms with Crippen molar-refractivity contribution in [1.29, 1.82) is 0 Å². The number of carboxylic acid groups (broad SMARTS) is 1. The predicted molar refractivity (Wildman–Crippen MR) is 96.2 cm³/mol. The number of amides is 1. The van der Waals surface area contributed by atoms with Crippen molar-refractivity contribution in [2.24, 2.45) is 0 Å². The molecule has 0 aliphatic heterocycles. The Kier molecular flexibility index (Phi) is 6.59. The van der Waals surface area contributed by atoms with E-state index in [1.807, 2.05) is 17.0 Å². The third-order valence-electron chi connectivity index (χ3n) is 4.55. The van der Waals surface area contributed by atoms with Crippen LogP contribution in [0, 0.1) is 0 Å². The number of rotatable bonds is 9. The van der Waals surface area contributed by atoms with Gasteiger partial charge in [0.05, 0.1) is 11.5 Å². The maximum Gasteiger partial charge on any atom is 0.336 e. The Morgan fingerprint density at radius 1 is 1.08 bits per heavy atom. The summed E-state index contributed by atoms with van der Waals surface area (Å²) in [5.41, 5.74) is 1.76. The van der Waals surface area contributed by atoms with Gasteiger partial charge in [-0.15, -0.1) is 0 Å². The summed E-state index contributed by atoms with van der Waals surface area (Å²) in [4.78, 5) is 26.3. The Balaban J connectivity index is 2.19. The molecule has 24 heavy (non-hydrogen) atoms. The van der Waals surface area contributed by atoms with Gasteiger partial charge in [0.2, 0.25) is 5.91 Å². The van der Waals surface area contributed by atoms with Gasteiger partial charge in [-0.05, 0) is 30.0 Å². The second-order valence-electron chi connectivity index (χ2n) is 6.34. The molecule has 1 N–H and O–H groups in total. The van der Waals surface area contributed by atoms with Gasteiger partial charge in [0.15, 0.2) is 0 Å². The van der Waals surface area contributed by atoms with E-state index in [9.17, 15) is 14.7 Å². The molecule has 0 spiro atoms. The highest BCUT2D eigenvalue weighted by atomic mass is 16.4. The van der Waals surface area contributed by atoms with E-state index in [1.54, 1.807) is 18.2 Å². The molecule has 2 rings (SSSR count). The minimum Gasteiger partial charge on any atom is -0.478 e. The summed E-state index contributed by atoms with van der Waals surface area (Å²) in [6.07, 6.45) is 8.95. The number of hydrogen-bond acceptors (Lipinski definition) is 2. The molecule has 0 saturated carbocycles. The lowest BCUT2D eigenvalue weighted by Crippen LogP contribution is -2.36. The van der Waals surface area contributed by atoms with Gasteiger partial charge >= 0.3 is 5.97 Å². The lowest BCUT2D eigenvalue weighted by atomic mass is 9.96. The largest absolute Gasteiger partial charge is 0.478 e. The molecule has 0 heterocycles. The van der Waals surface area contributed by atoms with Crippen molar-refractivity contribution in [2.75, 3.05) is 13.1 Å². The van der Waals surface area contributed by atoms with E-state index in [4.69, 9.17) is 0 Å². The number of hydrogen-bond donors (Lipinski definition) is 1. The van der Waals surface area contributed by atoms with E-state index in [0.29, 0.717) is 5.56 Å². The zero-order chi connectivity index (χ0) is 17.5. The number of fused-ring (bicyclic) bond motifs is 1. The van der Waals surface area contributed by atoms with E-state index < -0.39 is 5.97 Å². The van der Waals surface area contributed by atoms with Crippen LogP contribution >= 0.6 is 0 Å². The van der Waals surface area contributed by atoms with Gasteiger partial charge in [0, 0.05) is 13.1 Å². The molecule has 1 atom stereocenters. The Bertz CT molecular complexity index is 621. The number of unbranched alkanes of at least 4 members (excludes halogenated alkanes) is 3. The average Bonchev–Trinajstić information content (AvgIpc) is 3.01. The highest BCUT2D eigenvalue weighted by molar-refractivity contribution is 5.97. The monoisotopic (exact) mass is 329 g/mol. The van der Waals surface area contributed by atoms with Crippen LogP contribution in [0.2, 0.25) is 0 Å². The van der Waals surface area contributed by atoms with Crippen LogP contribution in [-0.2, 0) is 4.79 Å². The van der Waals surface area contributed by atoms with Crippen LogP contribution in [0.1, 0.15) is 73.4 Å². The molecule has 0 saturated heterocycles. The Hall–Kier alpha value is -2.10. The quantitative estimate of drug-likeness (QED) is 0.687. The van der Waals surface area contributed by atoms with Crippen LogP contribution in [0.15, 0.2) is 24.3 Å². The molecule has 1 aliphatic rings. The number of carboxylic acids is 1. The van der Waals surface area contributed by atoms with Crippen molar-refractivity contribution in [2.45, 2.75) is 51.9 Å². The van der Waals surface area contributed by atoms with Gasteiger partial charge in [0.1, 0.15) is 0 Å². The predicted octanol–water partition coefficient (Wildman–Crippen LogP) is 4.31. The van der Waals surface area contributed by atoms with Crippen LogP contribution in [0.3, 0.4) is 0 Å². The molecule has 0 aromatic heterocycles. The van der Waals surface area contributed by atoms with Gasteiger partial charge in [-0.25, -0.2) is 4.79 Å². The SMILES string of the molecule is CCCCCN(CCCC)C(=O)C1C=Cc2c(C(=O)O)cccc21. The summed E-state index contributed by atoms with van der Waals surface area (Å²) in [5, 5.41) is 9.31. The van der Waals surface area contributed by atoms with Gasteiger partial charge < -0.3 is 10.0 Å². The minimum atomic E-state index is -0.949. The molecular weight excluding hydrogens is 302 g/mol. The zero-order valence-corrected chi connectivity index (χ0v) is 14.6. The second-order valence-corrected chi connectivity index (χ2v) is 6.34. The van der Waals surface area contributed by atoms with Crippen LogP contribution in [0.25, 0.3) is 6.08 Å². The summed E-state index contributed by atoms with van der Waals surface area (Å²) in [5.74, 6) is -1.20. The van der Waals surface area contributed by atoms with E-state index in [1.165, 1.54) is 0 Å². The van der Waals surface area contributed by atoms with Crippen LogP contribution in [0.4, 0.5) is 0 Å². The number of carbonyl (C=O) groups is 2. The van der Waals surface area contributed by atoms with Gasteiger partial charge in [-0.1, -0.05) is 57.4 Å². The second kappa shape index (κ2) is 8.67. The fourth-order valence-corrected chi connectivity index (χ4v) is 3.17. The first-order chi connectivity index (χ1) is 11.6. The zero-order valence-electron chi connectivity index (χ0n) is 14.6. The van der Waals surface area contributed by atoms with Gasteiger partial charge in [-0.3, -0.25) is 4.79 Å². The summed E-state index contributed by atoms with van der Waals surface area (Å²) >= 11 is 0. The topological polar surface area (TPSA) is 57.6 Å². The van der Waals surface area contributed by atoms with E-state index in [-0.39, 0.29) is 17.4 Å². The van der Waals surface area contributed by atoms with Gasteiger partial charge in [0.25, 0.3) is 0 Å². The number of benzene rings is 1. The standard InChI is InChI=1S/C20H27NO3/c1-3-5-7-14-21(13-6-4-2)19(22)17-12-11-16-15(17)9-8-10-18(16)20(23)24/h8-12,17H,3-7,13-14H2,1-2H3,(H,23,24). The van der Waals surface area contributed by atoms with E-state index >= 15 is 0 Å². The molecule has 0 radical (unpaired) electrons. The number of carbonyl (C=O) groups excluding carboxylic acids is 1. The first-order valence-corrected chi connectivity index (χ1v) is 8.93. The molecule has 1 aromatic rings. The summed E-state index contributed by atoms with van der Waals surface area (Å²) in [7, 11) is 0. The Labute approximate surface area is 144 Å². The molecule has 0 fully saturated rings. The van der Waals surface area contributed by atoms with Crippen LogP contribution in [-0.4, -0.2) is 35.0 Å². The summed E-state index contributed by atoms with van der Waals surface area (Å²) in [6.45, 7) is 5.84. The van der Waals surface area contributed by atoms with Crippen molar-refractivity contribution < 1.29 is 14.7 Å². The van der Waals surface area contributed by atoms with E-state index in [2.05, 4.69) is 13.8 Å². The third-order valence-corrected chi connectivity index (χ3v) is 4.55. The molecule has 1 unspecified atom stereocenters. The molecule has 4 nitrogen and oxygen atoms in total.